The Balaban J connectivity index is 0.00000220. The monoisotopic (exact) mass is 331 g/mol. The number of halogens is 4. The molecule has 2 rings (SSSR count). The van der Waals surface area contributed by atoms with Crippen LogP contribution in [-0.2, 0) is 4.74 Å². The molecule has 1 aliphatic heterocycles. The van der Waals surface area contributed by atoms with E-state index < -0.39 is 18.3 Å². The third-order valence-electron chi connectivity index (χ3n) is 3.10. The molecule has 112 valence electrons. The molecule has 1 atom stereocenters. The van der Waals surface area contributed by atoms with Gasteiger partial charge in [0, 0.05) is 19.2 Å². The Morgan fingerprint density at radius 1 is 1.38 bits per heavy atom. The first kappa shape index (κ1) is 19.4. The van der Waals surface area contributed by atoms with E-state index in [9.17, 15) is 17.3 Å². The minimum atomic E-state index is -5.34. The first-order valence-electron chi connectivity index (χ1n) is 6.28. The van der Waals surface area contributed by atoms with E-state index in [1.165, 1.54) is 0 Å². The van der Waals surface area contributed by atoms with E-state index in [1.54, 1.807) is 0 Å². The number of morpholine rings is 1. The molecule has 0 aliphatic carbocycles. The molecular formula is C12H15BF4KNO2. The number of likely N-dealkylation sites (N-methyl/N-ethyl adjacent to an activating group) is 1. The van der Waals surface area contributed by atoms with Crippen LogP contribution in [0, 0.1) is 5.82 Å². The number of hydrogen-bond acceptors (Lipinski definition) is 3. The summed E-state index contributed by atoms with van der Waals surface area (Å²) in [5.74, 6) is -1.24. The Labute approximate surface area is 163 Å². The molecular weight excluding hydrogens is 316 g/mol. The standard InChI is InChI=1S/C12H15BF4NO2.K/c1-18-4-5-19-10(7-18)8-20-9-2-3-11(12(14)6-9)13(15,16)17;/h2-3,6,10H,4-5,7-8H2,1H3;/q-1;+1. The third-order valence-corrected chi connectivity index (χ3v) is 3.10. The van der Waals surface area contributed by atoms with Gasteiger partial charge in [0.25, 0.3) is 0 Å². The van der Waals surface area contributed by atoms with Gasteiger partial charge in [0.1, 0.15) is 18.5 Å². The van der Waals surface area contributed by atoms with E-state index in [2.05, 4.69) is 4.90 Å². The van der Waals surface area contributed by atoms with E-state index in [-0.39, 0.29) is 69.8 Å². The third kappa shape index (κ3) is 5.81. The maximum atomic E-state index is 13.3. The first-order chi connectivity index (χ1) is 9.36. The molecule has 1 unspecified atom stereocenters. The van der Waals surface area contributed by atoms with Gasteiger partial charge in [-0.2, -0.15) is 0 Å². The van der Waals surface area contributed by atoms with Crippen LogP contribution in [0.1, 0.15) is 0 Å². The minimum absolute atomic E-state index is 0. The minimum Gasteiger partial charge on any atom is -0.491 e. The summed E-state index contributed by atoms with van der Waals surface area (Å²) in [5, 5.41) is 0. The SMILES string of the molecule is CN1CCOC(COc2ccc([B-](F)(F)F)c(F)c2)C1.[K+]. The van der Waals surface area contributed by atoms with Gasteiger partial charge in [-0.25, -0.2) is 4.39 Å². The molecule has 1 fully saturated rings. The van der Waals surface area contributed by atoms with Crippen LogP contribution in [0.3, 0.4) is 0 Å². The second-order valence-electron chi connectivity index (χ2n) is 4.82. The molecule has 0 aromatic heterocycles. The predicted molar refractivity (Wildman–Crippen MR) is 67.8 cm³/mol. The second-order valence-corrected chi connectivity index (χ2v) is 4.82. The average molecular weight is 331 g/mol. The zero-order valence-corrected chi connectivity index (χ0v) is 15.1. The number of hydrogen-bond donors (Lipinski definition) is 0. The second kappa shape index (κ2) is 8.28. The topological polar surface area (TPSA) is 21.7 Å². The van der Waals surface area contributed by atoms with Crippen molar-refractivity contribution in [1.29, 1.82) is 0 Å². The molecule has 0 radical (unpaired) electrons. The van der Waals surface area contributed by atoms with Crippen molar-refractivity contribution >= 4 is 12.4 Å². The zero-order valence-electron chi connectivity index (χ0n) is 12.0. The summed E-state index contributed by atoms with van der Waals surface area (Å²) in [6, 6.07) is 2.59. The molecule has 1 aromatic carbocycles. The van der Waals surface area contributed by atoms with Crippen LogP contribution in [0.15, 0.2) is 18.2 Å². The Morgan fingerprint density at radius 3 is 2.67 bits per heavy atom. The Bertz CT molecular complexity index is 475. The quantitative estimate of drug-likeness (QED) is 0.500. The van der Waals surface area contributed by atoms with Crippen LogP contribution in [0.4, 0.5) is 17.3 Å². The van der Waals surface area contributed by atoms with Crippen LogP contribution in [0.25, 0.3) is 0 Å². The average Bonchev–Trinajstić information content (AvgIpc) is 2.35. The van der Waals surface area contributed by atoms with Gasteiger partial charge in [-0.1, -0.05) is 11.5 Å². The molecule has 1 aromatic rings. The van der Waals surface area contributed by atoms with Gasteiger partial charge in [-0.3, -0.25) is 0 Å². The summed E-state index contributed by atoms with van der Waals surface area (Å²) in [6.45, 7) is -3.08. The molecule has 1 aliphatic rings. The van der Waals surface area contributed by atoms with Gasteiger partial charge in [0.2, 0.25) is 0 Å². The molecule has 0 saturated carbocycles. The van der Waals surface area contributed by atoms with Crippen molar-refractivity contribution in [2.45, 2.75) is 6.10 Å². The van der Waals surface area contributed by atoms with Gasteiger partial charge < -0.3 is 27.3 Å². The molecule has 21 heavy (non-hydrogen) atoms. The Hall–Kier alpha value is 0.361. The van der Waals surface area contributed by atoms with Crippen LogP contribution in [0.5, 0.6) is 5.75 Å². The number of nitrogens with zero attached hydrogens (tertiary/aromatic N) is 1. The summed E-state index contributed by atoms with van der Waals surface area (Å²) >= 11 is 0. The van der Waals surface area contributed by atoms with E-state index in [1.807, 2.05) is 7.05 Å². The van der Waals surface area contributed by atoms with Crippen LogP contribution < -0.4 is 61.6 Å². The van der Waals surface area contributed by atoms with Gasteiger partial charge in [0.05, 0.1) is 12.4 Å². The van der Waals surface area contributed by atoms with E-state index in [0.717, 1.165) is 18.7 Å². The summed E-state index contributed by atoms with van der Waals surface area (Å²) < 4.78 is 61.4. The van der Waals surface area contributed by atoms with Crippen molar-refractivity contribution in [3.05, 3.63) is 24.0 Å². The fourth-order valence-corrected chi connectivity index (χ4v) is 2.02. The largest absolute Gasteiger partial charge is 1.00 e. The molecule has 0 spiro atoms. The summed E-state index contributed by atoms with van der Waals surface area (Å²) in [4.78, 5) is 2.06. The maximum Gasteiger partial charge on any atom is 1.00 e. The first-order valence-corrected chi connectivity index (χ1v) is 6.28. The molecule has 0 amide bonds. The summed E-state index contributed by atoms with van der Waals surface area (Å²) in [7, 11) is 1.94. The van der Waals surface area contributed by atoms with Gasteiger partial charge in [0.15, 0.2) is 0 Å². The van der Waals surface area contributed by atoms with Gasteiger partial charge in [-0.05, 0) is 13.1 Å². The molecule has 1 heterocycles. The summed E-state index contributed by atoms with van der Waals surface area (Å²) in [6.07, 6.45) is -0.164. The fraction of sp³-hybridized carbons (Fsp3) is 0.500. The van der Waals surface area contributed by atoms with E-state index in [4.69, 9.17) is 9.47 Å². The maximum absolute atomic E-state index is 13.3. The van der Waals surface area contributed by atoms with Crippen molar-refractivity contribution < 1.29 is 78.2 Å². The van der Waals surface area contributed by atoms with E-state index >= 15 is 0 Å². The molecule has 3 nitrogen and oxygen atoms in total. The summed E-state index contributed by atoms with van der Waals surface area (Å²) in [5.41, 5.74) is -1.23. The number of ether oxygens (including phenoxy) is 2. The fourth-order valence-electron chi connectivity index (χ4n) is 2.02. The van der Waals surface area contributed by atoms with Crippen molar-refractivity contribution in [2.75, 3.05) is 33.4 Å². The number of benzene rings is 1. The molecule has 0 N–H and O–H groups in total. The Kier molecular flexibility index (Phi) is 7.65. The van der Waals surface area contributed by atoms with Crippen LogP contribution in [0.2, 0.25) is 0 Å². The van der Waals surface area contributed by atoms with Gasteiger partial charge in [-0.15, -0.1) is 0 Å². The molecule has 1 saturated heterocycles. The smallest absolute Gasteiger partial charge is 0.491 e. The van der Waals surface area contributed by atoms with E-state index in [0.29, 0.717) is 19.2 Å². The Morgan fingerprint density at radius 2 is 2.10 bits per heavy atom. The van der Waals surface area contributed by atoms with Crippen molar-refractivity contribution in [2.24, 2.45) is 0 Å². The van der Waals surface area contributed by atoms with Crippen LogP contribution >= 0.6 is 0 Å². The normalized spacial score (nSPS) is 20.0. The molecule has 9 heteroatoms. The predicted octanol–water partition coefficient (Wildman–Crippen LogP) is -1.41. The molecule has 0 bridgehead atoms. The van der Waals surface area contributed by atoms with Crippen molar-refractivity contribution in [1.82, 2.24) is 4.90 Å². The number of rotatable bonds is 4. The van der Waals surface area contributed by atoms with Gasteiger partial charge >= 0.3 is 58.4 Å². The van der Waals surface area contributed by atoms with Crippen molar-refractivity contribution in [3.8, 4) is 5.75 Å². The van der Waals surface area contributed by atoms with Crippen molar-refractivity contribution in [3.63, 3.8) is 0 Å². The zero-order chi connectivity index (χ0) is 14.8. The van der Waals surface area contributed by atoms with Crippen LogP contribution in [-0.4, -0.2) is 51.3 Å².